The van der Waals surface area contributed by atoms with E-state index in [1.807, 2.05) is 30.0 Å². The number of carbonyl (C=O) groups is 1. The van der Waals surface area contributed by atoms with E-state index in [1.165, 1.54) is 11.9 Å². The number of aryl methyl sites for hydroxylation is 1. The van der Waals surface area contributed by atoms with E-state index < -0.39 is 0 Å². The van der Waals surface area contributed by atoms with Gasteiger partial charge < -0.3 is 28.4 Å². The average Bonchev–Trinajstić information content (AvgIpc) is 3.98. The topological polar surface area (TPSA) is 111 Å². The zero-order valence-electron chi connectivity index (χ0n) is 29.2. The summed E-state index contributed by atoms with van der Waals surface area (Å²) < 4.78 is 15.5. The van der Waals surface area contributed by atoms with Crippen molar-refractivity contribution >= 4 is 22.9 Å². The standard InChI is InChI=1S/C39H43N9O3/c1-29-13-15-32(51-29)26-47-35-12-7-6-11-34(35)41-38(47)45-20-8-19-44(23-24-45)21-17-39(30-9-4-3-5-10-30)18-22-46(27-39)37(49)33-25-31(14-16-36(33)50-2)48-28-40-42-43-48/h3-7,9-16,25,28H,8,17-24,26-27H2,1-2H3. The van der Waals surface area contributed by atoms with E-state index in [0.29, 0.717) is 36.6 Å². The lowest BCUT2D eigenvalue weighted by molar-refractivity contribution is 0.0777. The number of para-hydroxylation sites is 2. The predicted molar refractivity (Wildman–Crippen MR) is 195 cm³/mol. The van der Waals surface area contributed by atoms with Crippen molar-refractivity contribution in [3.63, 3.8) is 0 Å². The molecule has 8 rings (SSSR count). The van der Waals surface area contributed by atoms with E-state index in [1.54, 1.807) is 17.9 Å². The summed E-state index contributed by atoms with van der Waals surface area (Å²) in [4.78, 5) is 26.3. The number of fused-ring (bicyclic) bond motifs is 1. The Hall–Kier alpha value is -5.49. The lowest BCUT2D eigenvalue weighted by atomic mass is 9.76. The third-order valence-corrected chi connectivity index (χ3v) is 10.6. The number of tetrazole rings is 1. The number of methoxy groups -OCH3 is 1. The van der Waals surface area contributed by atoms with Crippen LogP contribution in [0.1, 0.15) is 46.7 Å². The Labute approximate surface area is 297 Å². The highest BCUT2D eigenvalue weighted by Gasteiger charge is 2.42. The van der Waals surface area contributed by atoms with Crippen LogP contribution in [0.25, 0.3) is 16.7 Å². The van der Waals surface area contributed by atoms with Gasteiger partial charge in [-0.2, -0.15) is 0 Å². The predicted octanol–water partition coefficient (Wildman–Crippen LogP) is 5.36. The van der Waals surface area contributed by atoms with Crippen molar-refractivity contribution in [3.8, 4) is 11.4 Å². The zero-order chi connectivity index (χ0) is 34.8. The van der Waals surface area contributed by atoms with Gasteiger partial charge in [0.1, 0.15) is 23.6 Å². The molecule has 2 aliphatic rings. The third-order valence-electron chi connectivity index (χ3n) is 10.6. The van der Waals surface area contributed by atoms with Gasteiger partial charge in [-0.25, -0.2) is 9.67 Å². The number of hydrogen-bond donors (Lipinski definition) is 0. The number of ether oxygens (including phenoxy) is 1. The van der Waals surface area contributed by atoms with Crippen LogP contribution in [0, 0.1) is 6.92 Å². The maximum Gasteiger partial charge on any atom is 0.257 e. The lowest BCUT2D eigenvalue weighted by Crippen LogP contribution is -2.39. The number of amides is 1. The van der Waals surface area contributed by atoms with Gasteiger partial charge in [-0.05, 0) is 97.7 Å². The fourth-order valence-electron chi connectivity index (χ4n) is 7.83. The molecule has 2 aliphatic heterocycles. The second kappa shape index (κ2) is 14.0. The first kappa shape index (κ1) is 32.7. The van der Waals surface area contributed by atoms with E-state index >= 15 is 0 Å². The van der Waals surface area contributed by atoms with Crippen molar-refractivity contribution in [1.82, 2.24) is 39.6 Å². The quantitative estimate of drug-likeness (QED) is 0.188. The normalized spacial score (nSPS) is 18.4. The van der Waals surface area contributed by atoms with Crippen LogP contribution in [-0.2, 0) is 12.0 Å². The molecule has 0 bridgehead atoms. The summed E-state index contributed by atoms with van der Waals surface area (Å²) in [7, 11) is 1.60. The Balaban J connectivity index is 0.987. The number of imidazole rings is 1. The molecule has 1 amide bonds. The zero-order valence-corrected chi connectivity index (χ0v) is 29.2. The molecular formula is C39H43N9O3. The van der Waals surface area contributed by atoms with Gasteiger partial charge in [0.25, 0.3) is 5.91 Å². The van der Waals surface area contributed by atoms with Gasteiger partial charge in [-0.3, -0.25) is 4.79 Å². The van der Waals surface area contributed by atoms with Gasteiger partial charge >= 0.3 is 0 Å². The first-order chi connectivity index (χ1) is 25.0. The smallest absolute Gasteiger partial charge is 0.257 e. The Morgan fingerprint density at radius 2 is 1.80 bits per heavy atom. The van der Waals surface area contributed by atoms with Gasteiger partial charge in [-0.15, -0.1) is 5.10 Å². The lowest BCUT2D eigenvalue weighted by Gasteiger charge is -2.33. The monoisotopic (exact) mass is 685 g/mol. The van der Waals surface area contributed by atoms with E-state index in [-0.39, 0.29) is 11.3 Å². The Kier molecular flexibility index (Phi) is 8.99. The molecule has 2 fully saturated rings. The molecule has 12 nitrogen and oxygen atoms in total. The van der Waals surface area contributed by atoms with Crippen LogP contribution in [0.5, 0.6) is 5.75 Å². The highest BCUT2D eigenvalue weighted by molar-refractivity contribution is 5.98. The molecule has 51 heavy (non-hydrogen) atoms. The third kappa shape index (κ3) is 6.59. The molecule has 262 valence electrons. The van der Waals surface area contributed by atoms with E-state index in [4.69, 9.17) is 14.1 Å². The summed E-state index contributed by atoms with van der Waals surface area (Å²) in [5, 5.41) is 11.5. The maximum atomic E-state index is 14.2. The molecule has 1 atom stereocenters. The number of likely N-dealkylation sites (tertiary alicyclic amines) is 1. The number of carbonyl (C=O) groups excluding carboxylic acids is 1. The molecule has 2 saturated heterocycles. The highest BCUT2D eigenvalue weighted by Crippen LogP contribution is 2.39. The molecule has 6 aromatic rings. The summed E-state index contributed by atoms with van der Waals surface area (Å²) in [5.74, 6) is 3.34. The van der Waals surface area contributed by atoms with Crippen molar-refractivity contribution in [2.75, 3.05) is 57.8 Å². The molecule has 3 aromatic carbocycles. The van der Waals surface area contributed by atoms with E-state index in [0.717, 1.165) is 80.5 Å². The van der Waals surface area contributed by atoms with Crippen LogP contribution >= 0.6 is 0 Å². The first-order valence-corrected chi connectivity index (χ1v) is 17.7. The number of hydrogen-bond acceptors (Lipinski definition) is 9. The number of aromatic nitrogens is 6. The molecule has 1 unspecified atom stereocenters. The fraction of sp³-hybridized carbons (Fsp3) is 0.359. The molecule has 12 heteroatoms. The maximum absolute atomic E-state index is 14.2. The van der Waals surface area contributed by atoms with Crippen molar-refractivity contribution in [3.05, 3.63) is 114 Å². The van der Waals surface area contributed by atoms with E-state index in [2.05, 4.69) is 90.6 Å². The van der Waals surface area contributed by atoms with Crippen LogP contribution in [-0.4, -0.2) is 98.4 Å². The summed E-state index contributed by atoms with van der Waals surface area (Å²) in [6, 6.07) is 28.6. The van der Waals surface area contributed by atoms with Crippen LogP contribution in [0.4, 0.5) is 5.95 Å². The second-order valence-electron chi connectivity index (χ2n) is 13.7. The molecule has 0 spiro atoms. The first-order valence-electron chi connectivity index (χ1n) is 17.7. The van der Waals surface area contributed by atoms with Crippen LogP contribution in [0.15, 0.2) is 95.7 Å². The Morgan fingerprint density at radius 1 is 0.941 bits per heavy atom. The largest absolute Gasteiger partial charge is 0.496 e. The van der Waals surface area contributed by atoms with E-state index in [9.17, 15) is 4.79 Å². The molecule has 5 heterocycles. The number of benzene rings is 3. The van der Waals surface area contributed by atoms with Crippen LogP contribution in [0.2, 0.25) is 0 Å². The van der Waals surface area contributed by atoms with Crippen molar-refractivity contribution in [2.24, 2.45) is 0 Å². The van der Waals surface area contributed by atoms with Gasteiger partial charge in [0.15, 0.2) is 0 Å². The van der Waals surface area contributed by atoms with Crippen molar-refractivity contribution < 1.29 is 13.9 Å². The second-order valence-corrected chi connectivity index (χ2v) is 13.7. The minimum atomic E-state index is -0.154. The number of rotatable bonds is 10. The molecule has 0 N–H and O–H groups in total. The summed E-state index contributed by atoms with van der Waals surface area (Å²) in [5.41, 5.74) is 4.47. The van der Waals surface area contributed by atoms with Crippen LogP contribution < -0.4 is 9.64 Å². The Morgan fingerprint density at radius 3 is 2.61 bits per heavy atom. The van der Waals surface area contributed by atoms with Gasteiger partial charge in [0.2, 0.25) is 5.95 Å². The summed E-state index contributed by atoms with van der Waals surface area (Å²) in [6.45, 7) is 8.68. The SMILES string of the molecule is COc1ccc(-n2cnnn2)cc1C(=O)N1CCC(CCN2CCCN(c3nc4ccccc4n3Cc3ccc(C)o3)CC2)(c2ccccc2)C1. The highest BCUT2D eigenvalue weighted by atomic mass is 16.5. The molecular weight excluding hydrogens is 642 g/mol. The molecule has 0 radical (unpaired) electrons. The minimum Gasteiger partial charge on any atom is -0.496 e. The summed E-state index contributed by atoms with van der Waals surface area (Å²) in [6.07, 6.45) is 4.42. The molecule has 0 aliphatic carbocycles. The fourth-order valence-corrected chi connectivity index (χ4v) is 7.83. The average molecular weight is 686 g/mol. The molecule has 3 aromatic heterocycles. The van der Waals surface area contributed by atoms with Crippen molar-refractivity contribution in [2.45, 2.75) is 38.1 Å². The minimum absolute atomic E-state index is 0.0439. The number of nitrogens with zero attached hydrogens (tertiary/aromatic N) is 9. The van der Waals surface area contributed by atoms with Gasteiger partial charge in [0.05, 0.1) is 35.9 Å². The Bertz CT molecular complexity index is 2110. The van der Waals surface area contributed by atoms with Gasteiger partial charge in [-0.1, -0.05) is 42.5 Å². The van der Waals surface area contributed by atoms with Crippen molar-refractivity contribution in [1.29, 1.82) is 0 Å². The number of anilines is 1. The van der Waals surface area contributed by atoms with Gasteiger partial charge in [0, 0.05) is 38.1 Å². The summed E-state index contributed by atoms with van der Waals surface area (Å²) >= 11 is 0. The van der Waals surface area contributed by atoms with Crippen LogP contribution in [0.3, 0.4) is 0 Å². The molecule has 0 saturated carbocycles. The number of furan rings is 1.